The van der Waals surface area contributed by atoms with Crippen molar-refractivity contribution in [3.63, 3.8) is 0 Å². The van der Waals surface area contributed by atoms with Crippen LogP contribution in [0.15, 0.2) is 6.33 Å². The third-order valence-electron chi connectivity index (χ3n) is 1.21. The van der Waals surface area contributed by atoms with E-state index < -0.39 is 5.97 Å². The lowest BCUT2D eigenvalue weighted by molar-refractivity contribution is -0.137. The van der Waals surface area contributed by atoms with Crippen LogP contribution >= 0.6 is 0 Å². The largest absolute Gasteiger partial charge is 0.481 e. The Morgan fingerprint density at radius 2 is 2.55 bits per heavy atom. The lowest BCUT2D eigenvalue weighted by atomic mass is 10.3. The van der Waals surface area contributed by atoms with Gasteiger partial charge in [0.15, 0.2) is 0 Å². The molecule has 0 bridgehead atoms. The topological polar surface area (TPSA) is 94.0 Å². The average molecular weight is 156 g/mol. The Bertz CT molecular complexity index is 257. The van der Waals surface area contributed by atoms with Crippen molar-refractivity contribution in [2.75, 3.05) is 5.84 Å². The van der Waals surface area contributed by atoms with Gasteiger partial charge in [0, 0.05) is 6.42 Å². The molecule has 1 aromatic rings. The molecular formula is C5H8N4O2. The molecule has 60 valence electrons. The van der Waals surface area contributed by atoms with Gasteiger partial charge >= 0.3 is 5.97 Å². The first-order valence-electron chi connectivity index (χ1n) is 3.06. The Morgan fingerprint density at radius 1 is 1.82 bits per heavy atom. The van der Waals surface area contributed by atoms with Crippen LogP contribution in [0, 0.1) is 0 Å². The van der Waals surface area contributed by atoms with E-state index in [0.29, 0.717) is 12.2 Å². The number of hydrogen-bond acceptors (Lipinski definition) is 4. The van der Waals surface area contributed by atoms with E-state index in [-0.39, 0.29) is 6.42 Å². The summed E-state index contributed by atoms with van der Waals surface area (Å²) in [6.07, 6.45) is 1.62. The van der Waals surface area contributed by atoms with Crippen molar-refractivity contribution in [2.45, 2.75) is 12.8 Å². The molecule has 0 spiro atoms. The van der Waals surface area contributed by atoms with E-state index in [1.807, 2.05) is 0 Å². The second kappa shape index (κ2) is 3.00. The van der Waals surface area contributed by atoms with Crippen LogP contribution in [0.4, 0.5) is 0 Å². The van der Waals surface area contributed by atoms with Crippen LogP contribution in [0.25, 0.3) is 0 Å². The van der Waals surface area contributed by atoms with E-state index in [0.717, 1.165) is 4.79 Å². The van der Waals surface area contributed by atoms with E-state index in [1.165, 1.54) is 6.33 Å². The summed E-state index contributed by atoms with van der Waals surface area (Å²) in [6, 6.07) is 0. The third kappa shape index (κ3) is 1.92. The second-order valence-electron chi connectivity index (χ2n) is 2.01. The first-order chi connectivity index (χ1) is 5.20. The third-order valence-corrected chi connectivity index (χ3v) is 1.21. The number of carbonyl (C=O) groups is 1. The van der Waals surface area contributed by atoms with Crippen LogP contribution in [0.5, 0.6) is 0 Å². The van der Waals surface area contributed by atoms with Gasteiger partial charge in [-0.3, -0.25) is 4.79 Å². The maximum absolute atomic E-state index is 10.1. The van der Waals surface area contributed by atoms with Crippen LogP contribution in [0.1, 0.15) is 12.2 Å². The molecule has 0 aromatic carbocycles. The second-order valence-corrected chi connectivity index (χ2v) is 2.01. The maximum Gasteiger partial charge on any atom is 0.303 e. The lowest BCUT2D eigenvalue weighted by Crippen LogP contribution is -2.15. The first kappa shape index (κ1) is 7.52. The Morgan fingerprint density at radius 3 is 3.00 bits per heavy atom. The van der Waals surface area contributed by atoms with Crippen LogP contribution < -0.4 is 5.84 Å². The molecule has 0 aliphatic heterocycles. The summed E-state index contributed by atoms with van der Waals surface area (Å²) in [4.78, 5) is 14.9. The molecule has 0 atom stereocenters. The van der Waals surface area contributed by atoms with Gasteiger partial charge < -0.3 is 10.9 Å². The van der Waals surface area contributed by atoms with Gasteiger partial charge in [-0.25, -0.2) is 4.98 Å². The Labute approximate surface area is 62.6 Å². The highest BCUT2D eigenvalue weighted by atomic mass is 16.4. The van der Waals surface area contributed by atoms with Crippen molar-refractivity contribution in [1.29, 1.82) is 0 Å². The van der Waals surface area contributed by atoms with Gasteiger partial charge in [-0.2, -0.15) is 4.79 Å². The van der Waals surface area contributed by atoms with E-state index in [4.69, 9.17) is 10.9 Å². The summed E-state index contributed by atoms with van der Waals surface area (Å²) in [6.45, 7) is 0. The molecule has 0 saturated heterocycles. The predicted octanol–water partition coefficient (Wildman–Crippen LogP) is -0.991. The minimum Gasteiger partial charge on any atom is -0.481 e. The molecule has 6 nitrogen and oxygen atoms in total. The van der Waals surface area contributed by atoms with Crippen LogP contribution in [0.3, 0.4) is 0 Å². The molecule has 6 heteroatoms. The Balaban J connectivity index is 2.51. The highest BCUT2D eigenvalue weighted by molar-refractivity contribution is 5.66. The van der Waals surface area contributed by atoms with Gasteiger partial charge in [-0.15, -0.1) is 5.10 Å². The molecule has 1 heterocycles. The molecule has 1 aromatic heterocycles. The number of aromatic nitrogens is 3. The molecule has 0 aliphatic carbocycles. The number of nitrogens with zero attached hydrogens (tertiary/aromatic N) is 3. The zero-order valence-electron chi connectivity index (χ0n) is 5.77. The number of carboxylic acid groups (broad SMARTS) is 1. The molecule has 0 aliphatic rings. The summed E-state index contributed by atoms with van der Waals surface area (Å²) in [5.41, 5.74) is 0. The normalized spacial score (nSPS) is 9.82. The maximum atomic E-state index is 10.1. The van der Waals surface area contributed by atoms with E-state index in [9.17, 15) is 4.79 Å². The highest BCUT2D eigenvalue weighted by Gasteiger charge is 2.03. The molecule has 1 rings (SSSR count). The minimum absolute atomic E-state index is 0.0237. The van der Waals surface area contributed by atoms with Crippen molar-refractivity contribution < 1.29 is 9.90 Å². The minimum atomic E-state index is -0.868. The van der Waals surface area contributed by atoms with Gasteiger partial charge in [0.2, 0.25) is 0 Å². The SMILES string of the molecule is Nn1ncnc1CCC(=O)O. The van der Waals surface area contributed by atoms with E-state index in [2.05, 4.69) is 10.1 Å². The number of nitrogen functional groups attached to an aromatic ring is 1. The number of aliphatic carboxylic acids is 1. The fourth-order valence-corrected chi connectivity index (χ4v) is 0.672. The predicted molar refractivity (Wildman–Crippen MR) is 36.1 cm³/mol. The Hall–Kier alpha value is -1.59. The molecule has 0 fully saturated rings. The summed E-state index contributed by atoms with van der Waals surface area (Å²) < 4.78 is 0. The van der Waals surface area contributed by atoms with E-state index in [1.54, 1.807) is 0 Å². The standard InChI is InChI=1S/C5H8N4O2/c6-9-4(7-3-8-9)1-2-5(10)11/h3H,1-2,6H2,(H,10,11). The quantitative estimate of drug-likeness (QED) is 0.548. The van der Waals surface area contributed by atoms with Crippen molar-refractivity contribution in [3.8, 4) is 0 Å². The zero-order valence-corrected chi connectivity index (χ0v) is 5.77. The van der Waals surface area contributed by atoms with Crippen LogP contribution in [-0.2, 0) is 11.2 Å². The smallest absolute Gasteiger partial charge is 0.303 e. The number of aryl methyl sites for hydroxylation is 1. The summed E-state index contributed by atoms with van der Waals surface area (Å²) in [7, 11) is 0. The summed E-state index contributed by atoms with van der Waals surface area (Å²) in [5.74, 6) is 4.89. The molecule has 0 unspecified atom stereocenters. The molecular weight excluding hydrogens is 148 g/mol. The van der Waals surface area contributed by atoms with Crippen LogP contribution in [-0.4, -0.2) is 25.9 Å². The lowest BCUT2D eigenvalue weighted by Gasteiger charge is -1.95. The van der Waals surface area contributed by atoms with E-state index >= 15 is 0 Å². The van der Waals surface area contributed by atoms with Crippen molar-refractivity contribution in [2.24, 2.45) is 0 Å². The van der Waals surface area contributed by atoms with Gasteiger partial charge in [-0.05, 0) is 0 Å². The van der Waals surface area contributed by atoms with Gasteiger partial charge in [0.1, 0.15) is 12.2 Å². The molecule has 0 amide bonds. The number of rotatable bonds is 3. The number of nitrogens with two attached hydrogens (primary N) is 1. The van der Waals surface area contributed by atoms with Crippen LogP contribution in [0.2, 0.25) is 0 Å². The molecule has 0 saturated carbocycles. The zero-order chi connectivity index (χ0) is 8.27. The highest BCUT2D eigenvalue weighted by Crippen LogP contribution is 1.94. The summed E-state index contributed by atoms with van der Waals surface area (Å²) in [5, 5.41) is 11.9. The fourth-order valence-electron chi connectivity index (χ4n) is 0.672. The number of carboxylic acids is 1. The average Bonchev–Trinajstić information content (AvgIpc) is 2.31. The Kier molecular flexibility index (Phi) is 2.05. The summed E-state index contributed by atoms with van der Waals surface area (Å²) >= 11 is 0. The van der Waals surface area contributed by atoms with Gasteiger partial charge in [0.05, 0.1) is 6.42 Å². The van der Waals surface area contributed by atoms with Crippen molar-refractivity contribution >= 4 is 5.97 Å². The fraction of sp³-hybridized carbons (Fsp3) is 0.400. The monoisotopic (exact) mass is 156 g/mol. The van der Waals surface area contributed by atoms with Crippen molar-refractivity contribution in [1.82, 2.24) is 14.9 Å². The van der Waals surface area contributed by atoms with Gasteiger partial charge in [-0.1, -0.05) is 0 Å². The first-order valence-corrected chi connectivity index (χ1v) is 3.06. The molecule has 0 radical (unpaired) electrons. The molecule has 11 heavy (non-hydrogen) atoms. The number of hydrogen-bond donors (Lipinski definition) is 2. The molecule has 3 N–H and O–H groups in total. The van der Waals surface area contributed by atoms with Gasteiger partial charge in [0.25, 0.3) is 0 Å². The van der Waals surface area contributed by atoms with Crippen molar-refractivity contribution in [3.05, 3.63) is 12.2 Å².